The SMILES string of the molecule is CCOc1ccc(C#N)cc1Nc1nc(-n2cc(C)nc2C)cs1. The number of imidazole rings is 1. The second kappa shape index (κ2) is 6.72. The molecule has 0 aliphatic heterocycles. The molecule has 6 nitrogen and oxygen atoms in total. The summed E-state index contributed by atoms with van der Waals surface area (Å²) in [5, 5.41) is 15.0. The van der Waals surface area contributed by atoms with Gasteiger partial charge < -0.3 is 10.1 Å². The van der Waals surface area contributed by atoms with Crippen molar-refractivity contribution in [1.29, 1.82) is 5.26 Å². The summed E-state index contributed by atoms with van der Waals surface area (Å²) in [6.07, 6.45) is 1.95. The first-order valence-electron chi connectivity index (χ1n) is 7.53. The van der Waals surface area contributed by atoms with Crippen molar-refractivity contribution in [3.8, 4) is 17.6 Å². The molecule has 122 valence electrons. The largest absolute Gasteiger partial charge is 0.492 e. The molecule has 0 unspecified atom stereocenters. The maximum absolute atomic E-state index is 9.09. The maximum atomic E-state index is 9.09. The van der Waals surface area contributed by atoms with Gasteiger partial charge in [-0.15, -0.1) is 11.3 Å². The average molecular weight is 339 g/mol. The average Bonchev–Trinajstić information content (AvgIpc) is 3.15. The summed E-state index contributed by atoms with van der Waals surface area (Å²) >= 11 is 1.49. The number of nitrogens with zero attached hydrogens (tertiary/aromatic N) is 4. The minimum Gasteiger partial charge on any atom is -0.492 e. The second-order valence-corrected chi connectivity index (χ2v) is 6.05. The zero-order valence-corrected chi connectivity index (χ0v) is 14.5. The second-order valence-electron chi connectivity index (χ2n) is 5.19. The quantitative estimate of drug-likeness (QED) is 0.761. The number of aromatic nitrogens is 3. The number of ether oxygens (including phenoxy) is 1. The molecule has 0 amide bonds. The highest BCUT2D eigenvalue weighted by molar-refractivity contribution is 7.14. The first-order valence-corrected chi connectivity index (χ1v) is 8.41. The van der Waals surface area contributed by atoms with E-state index in [1.807, 2.05) is 36.9 Å². The molecule has 2 heterocycles. The number of anilines is 2. The van der Waals surface area contributed by atoms with E-state index in [0.717, 1.165) is 28.2 Å². The van der Waals surface area contributed by atoms with Gasteiger partial charge in [0.15, 0.2) is 10.9 Å². The molecule has 0 bridgehead atoms. The Morgan fingerprint density at radius 3 is 2.83 bits per heavy atom. The van der Waals surface area contributed by atoms with E-state index < -0.39 is 0 Å². The highest BCUT2D eigenvalue weighted by Gasteiger charge is 2.11. The van der Waals surface area contributed by atoms with E-state index >= 15 is 0 Å². The van der Waals surface area contributed by atoms with Crippen molar-refractivity contribution in [2.75, 3.05) is 11.9 Å². The number of hydrogen-bond donors (Lipinski definition) is 1. The normalized spacial score (nSPS) is 10.4. The van der Waals surface area contributed by atoms with Crippen LogP contribution in [0.3, 0.4) is 0 Å². The monoisotopic (exact) mass is 339 g/mol. The fourth-order valence-corrected chi connectivity index (χ4v) is 3.08. The van der Waals surface area contributed by atoms with Crippen LogP contribution < -0.4 is 10.1 Å². The number of nitriles is 1. The molecular formula is C17H17N5OS. The molecule has 0 radical (unpaired) electrons. The summed E-state index contributed by atoms with van der Waals surface area (Å²) < 4.78 is 7.56. The molecular weight excluding hydrogens is 322 g/mol. The molecule has 3 aromatic rings. The van der Waals surface area contributed by atoms with Crippen molar-refractivity contribution >= 4 is 22.2 Å². The van der Waals surface area contributed by atoms with Crippen LogP contribution >= 0.6 is 11.3 Å². The number of benzene rings is 1. The van der Waals surface area contributed by atoms with Gasteiger partial charge in [-0.3, -0.25) is 4.57 Å². The zero-order valence-electron chi connectivity index (χ0n) is 13.7. The Bertz CT molecular complexity index is 906. The smallest absolute Gasteiger partial charge is 0.189 e. The van der Waals surface area contributed by atoms with E-state index in [9.17, 15) is 0 Å². The Labute approximate surface area is 144 Å². The Kier molecular flexibility index (Phi) is 4.49. The molecule has 0 aliphatic rings. The molecule has 24 heavy (non-hydrogen) atoms. The van der Waals surface area contributed by atoms with Crippen LogP contribution in [0.15, 0.2) is 29.8 Å². The van der Waals surface area contributed by atoms with Crippen LogP contribution in [0.2, 0.25) is 0 Å². The van der Waals surface area contributed by atoms with Crippen molar-refractivity contribution in [2.24, 2.45) is 0 Å². The summed E-state index contributed by atoms with van der Waals surface area (Å²) in [5.74, 6) is 2.41. The van der Waals surface area contributed by atoms with Crippen molar-refractivity contribution in [1.82, 2.24) is 14.5 Å². The molecule has 0 atom stereocenters. The summed E-state index contributed by atoms with van der Waals surface area (Å²) in [4.78, 5) is 8.99. The molecule has 3 rings (SSSR count). The molecule has 7 heteroatoms. The highest BCUT2D eigenvalue weighted by Crippen LogP contribution is 2.31. The van der Waals surface area contributed by atoms with Crippen LogP contribution in [0.1, 0.15) is 24.0 Å². The number of aryl methyl sites for hydroxylation is 2. The Morgan fingerprint density at radius 1 is 1.33 bits per heavy atom. The molecule has 0 saturated carbocycles. The zero-order chi connectivity index (χ0) is 17.1. The number of nitrogens with one attached hydrogen (secondary N) is 1. The third-order valence-corrected chi connectivity index (χ3v) is 4.14. The van der Waals surface area contributed by atoms with Crippen molar-refractivity contribution in [3.63, 3.8) is 0 Å². The Hall–Kier alpha value is -2.85. The van der Waals surface area contributed by atoms with Gasteiger partial charge in [-0.1, -0.05) is 0 Å². The van der Waals surface area contributed by atoms with Gasteiger partial charge in [0.1, 0.15) is 11.6 Å². The number of hydrogen-bond acceptors (Lipinski definition) is 6. The molecule has 0 aliphatic carbocycles. The minimum atomic E-state index is 0.553. The molecule has 0 spiro atoms. The lowest BCUT2D eigenvalue weighted by Gasteiger charge is -2.10. The summed E-state index contributed by atoms with van der Waals surface area (Å²) in [7, 11) is 0. The fourth-order valence-electron chi connectivity index (χ4n) is 2.38. The van der Waals surface area contributed by atoms with Gasteiger partial charge in [-0.25, -0.2) is 9.97 Å². The summed E-state index contributed by atoms with van der Waals surface area (Å²) in [5.41, 5.74) is 2.25. The lowest BCUT2D eigenvalue weighted by Crippen LogP contribution is -1.99. The Balaban J connectivity index is 1.90. The van der Waals surface area contributed by atoms with Gasteiger partial charge in [-0.2, -0.15) is 5.26 Å². The van der Waals surface area contributed by atoms with Crippen LogP contribution in [-0.4, -0.2) is 21.1 Å². The van der Waals surface area contributed by atoms with Crippen molar-refractivity contribution < 1.29 is 4.74 Å². The van der Waals surface area contributed by atoms with Crippen LogP contribution in [0, 0.1) is 25.2 Å². The molecule has 0 saturated heterocycles. The predicted molar refractivity (Wildman–Crippen MR) is 94.3 cm³/mol. The van der Waals surface area contributed by atoms with Crippen molar-refractivity contribution in [3.05, 3.63) is 46.9 Å². The lowest BCUT2D eigenvalue weighted by atomic mass is 10.2. The summed E-state index contributed by atoms with van der Waals surface area (Å²) in [6.45, 7) is 6.38. The first-order chi connectivity index (χ1) is 11.6. The van der Waals surface area contributed by atoms with E-state index in [1.54, 1.807) is 18.2 Å². The van der Waals surface area contributed by atoms with Crippen LogP contribution in [0.25, 0.3) is 5.82 Å². The molecule has 1 N–H and O–H groups in total. The number of thiazole rings is 1. The van der Waals surface area contributed by atoms with E-state index in [2.05, 4.69) is 21.4 Å². The van der Waals surface area contributed by atoms with Gasteiger partial charge in [0, 0.05) is 11.6 Å². The standard InChI is InChI=1S/C17H17N5OS/c1-4-23-15-6-5-13(8-18)7-14(15)20-17-21-16(10-24-17)22-9-11(2)19-12(22)3/h5-7,9-10H,4H2,1-3H3,(H,20,21). The first kappa shape index (κ1) is 16.0. The van der Waals surface area contributed by atoms with E-state index in [-0.39, 0.29) is 0 Å². The summed E-state index contributed by atoms with van der Waals surface area (Å²) in [6, 6.07) is 7.43. The van der Waals surface area contributed by atoms with Crippen LogP contribution in [0.5, 0.6) is 5.75 Å². The topological polar surface area (TPSA) is 75.8 Å². The maximum Gasteiger partial charge on any atom is 0.189 e. The third-order valence-electron chi connectivity index (χ3n) is 3.39. The molecule has 2 aromatic heterocycles. The minimum absolute atomic E-state index is 0.553. The molecule has 0 fully saturated rings. The van der Waals surface area contributed by atoms with Gasteiger partial charge >= 0.3 is 0 Å². The van der Waals surface area contributed by atoms with E-state index in [4.69, 9.17) is 10.00 Å². The van der Waals surface area contributed by atoms with Crippen LogP contribution in [0.4, 0.5) is 10.8 Å². The Morgan fingerprint density at radius 2 is 2.17 bits per heavy atom. The fraction of sp³-hybridized carbons (Fsp3) is 0.235. The van der Waals surface area contributed by atoms with Gasteiger partial charge in [0.2, 0.25) is 0 Å². The van der Waals surface area contributed by atoms with Gasteiger partial charge in [0.25, 0.3) is 0 Å². The lowest BCUT2D eigenvalue weighted by molar-refractivity contribution is 0.342. The number of rotatable bonds is 5. The van der Waals surface area contributed by atoms with Crippen molar-refractivity contribution in [2.45, 2.75) is 20.8 Å². The van der Waals surface area contributed by atoms with Crippen LogP contribution in [-0.2, 0) is 0 Å². The van der Waals surface area contributed by atoms with E-state index in [0.29, 0.717) is 17.9 Å². The van der Waals surface area contributed by atoms with Gasteiger partial charge in [-0.05, 0) is 39.0 Å². The molecule has 1 aromatic carbocycles. The highest BCUT2D eigenvalue weighted by atomic mass is 32.1. The van der Waals surface area contributed by atoms with Gasteiger partial charge in [0.05, 0.1) is 29.6 Å². The third kappa shape index (κ3) is 3.24. The van der Waals surface area contributed by atoms with E-state index in [1.165, 1.54) is 11.3 Å². The predicted octanol–water partition coefficient (Wildman–Crippen LogP) is 3.96.